The molecule has 1 saturated carbocycles. The van der Waals surface area contributed by atoms with Crippen molar-refractivity contribution in [3.8, 4) is 17.2 Å². The lowest BCUT2D eigenvalue weighted by Crippen LogP contribution is -2.56. The van der Waals surface area contributed by atoms with Crippen molar-refractivity contribution >= 4 is 23.6 Å². The van der Waals surface area contributed by atoms with Crippen LogP contribution in [0, 0.1) is 17.2 Å². The molecule has 3 heterocycles. The third-order valence-electron chi connectivity index (χ3n) is 8.00. The van der Waals surface area contributed by atoms with Gasteiger partial charge in [-0.1, -0.05) is 36.4 Å². The van der Waals surface area contributed by atoms with Crippen molar-refractivity contribution in [2.45, 2.75) is 44.2 Å². The number of rotatable bonds is 5. The van der Waals surface area contributed by atoms with Crippen LogP contribution in [0.5, 0.6) is 0 Å². The summed E-state index contributed by atoms with van der Waals surface area (Å²) in [5, 5.41) is 19.4. The number of aliphatic hydroxyl groups is 1. The molecule has 2 unspecified atom stereocenters. The van der Waals surface area contributed by atoms with E-state index in [4.69, 9.17) is 10.3 Å². The summed E-state index contributed by atoms with van der Waals surface area (Å²) in [6.45, 7) is 5.05. The Labute approximate surface area is 223 Å². The zero-order chi connectivity index (χ0) is 26.4. The number of aliphatic imine (C=N–C) groups is 1. The average molecular weight is 506 g/mol. The van der Waals surface area contributed by atoms with E-state index >= 15 is 0 Å². The largest absolute Gasteiger partial charge is 0.386 e. The number of fused-ring (bicyclic) bond motifs is 1. The number of hydrogen-bond acceptors (Lipinski definition) is 6. The van der Waals surface area contributed by atoms with Crippen molar-refractivity contribution < 1.29 is 9.90 Å². The molecule has 2 aliphatic heterocycles. The quantitative estimate of drug-likeness (QED) is 0.539. The number of amides is 1. The second-order valence-electron chi connectivity index (χ2n) is 11.0. The maximum absolute atomic E-state index is 13.5. The monoisotopic (exact) mass is 505 g/mol. The van der Waals surface area contributed by atoms with Crippen LogP contribution in [0.3, 0.4) is 0 Å². The molecule has 1 saturated heterocycles. The number of nitriles is 1. The summed E-state index contributed by atoms with van der Waals surface area (Å²) < 4.78 is 0. The number of nitrogens with zero attached hydrogens (tertiary/aromatic N) is 5. The first-order valence-electron chi connectivity index (χ1n) is 13.2. The minimum Gasteiger partial charge on any atom is -0.386 e. The van der Waals surface area contributed by atoms with E-state index in [1.165, 1.54) is 18.4 Å². The van der Waals surface area contributed by atoms with Crippen molar-refractivity contribution in [2.75, 3.05) is 24.5 Å². The molecule has 3 aromatic rings. The summed E-state index contributed by atoms with van der Waals surface area (Å²) >= 11 is 0. The van der Waals surface area contributed by atoms with E-state index in [-0.39, 0.29) is 24.4 Å². The first-order chi connectivity index (χ1) is 18.3. The number of piperazine rings is 1. The standard InChI is InChI=1S/C31H31N5O2/c1-31(2,38)23-12-13-27(33-17-23)35-14-15-36(28(37)19-35)26-18-34-30-24(21-8-6-20(16-32)7-9-21)4-3-5-25(30)29(26)22-10-11-22/h3-9,12-13,17-18,22,26,29,38H,10-11,14-15,19H2,1-2H3. The summed E-state index contributed by atoms with van der Waals surface area (Å²) in [4.78, 5) is 27.0. The van der Waals surface area contributed by atoms with Gasteiger partial charge in [0.25, 0.3) is 0 Å². The molecule has 7 heteroatoms. The molecule has 3 aliphatic rings. The van der Waals surface area contributed by atoms with E-state index in [0.29, 0.717) is 24.6 Å². The van der Waals surface area contributed by atoms with E-state index < -0.39 is 5.60 Å². The van der Waals surface area contributed by atoms with E-state index in [2.05, 4.69) is 29.3 Å². The second-order valence-corrected chi connectivity index (χ2v) is 11.0. The molecule has 1 aliphatic carbocycles. The number of carbonyl (C=O) groups is 1. The summed E-state index contributed by atoms with van der Waals surface area (Å²) in [6, 6.07) is 19.9. The molecule has 38 heavy (non-hydrogen) atoms. The van der Waals surface area contributed by atoms with Gasteiger partial charge in [0.15, 0.2) is 0 Å². The molecule has 0 spiro atoms. The van der Waals surface area contributed by atoms with E-state index in [1.807, 2.05) is 52.4 Å². The van der Waals surface area contributed by atoms with E-state index in [9.17, 15) is 9.90 Å². The van der Waals surface area contributed by atoms with Crippen LogP contribution in [0.4, 0.5) is 11.5 Å². The van der Waals surface area contributed by atoms with Gasteiger partial charge in [0.05, 0.1) is 35.5 Å². The number of pyridine rings is 1. The van der Waals surface area contributed by atoms with Gasteiger partial charge < -0.3 is 14.9 Å². The molecule has 1 amide bonds. The van der Waals surface area contributed by atoms with Crippen LogP contribution in [-0.2, 0) is 10.4 Å². The van der Waals surface area contributed by atoms with Gasteiger partial charge in [0.1, 0.15) is 5.82 Å². The van der Waals surface area contributed by atoms with Gasteiger partial charge in [-0.3, -0.25) is 9.79 Å². The van der Waals surface area contributed by atoms with Gasteiger partial charge in [-0.15, -0.1) is 0 Å². The lowest BCUT2D eigenvalue weighted by atomic mass is 9.81. The highest BCUT2D eigenvalue weighted by Gasteiger charge is 2.44. The van der Waals surface area contributed by atoms with Gasteiger partial charge in [0.2, 0.25) is 5.91 Å². The van der Waals surface area contributed by atoms with Gasteiger partial charge in [-0.2, -0.15) is 5.26 Å². The number of anilines is 1. The molecule has 0 bridgehead atoms. The summed E-state index contributed by atoms with van der Waals surface area (Å²) in [7, 11) is 0. The number of hydrogen-bond donors (Lipinski definition) is 1. The number of benzene rings is 2. The van der Waals surface area contributed by atoms with Crippen LogP contribution in [0.15, 0.2) is 65.8 Å². The SMILES string of the molecule is CC(C)(O)c1ccc(N2CCN(C3C=Nc4c(-c5ccc(C#N)cc5)cccc4C3C3CC3)C(=O)C2)nc1. The first-order valence-corrected chi connectivity index (χ1v) is 13.2. The molecular weight excluding hydrogens is 474 g/mol. The minimum absolute atomic E-state index is 0.0635. The molecular formula is C31H31N5O2. The predicted molar refractivity (Wildman–Crippen MR) is 147 cm³/mol. The van der Waals surface area contributed by atoms with E-state index in [0.717, 1.165) is 28.2 Å². The molecule has 2 fully saturated rings. The Kier molecular flexibility index (Phi) is 6.00. The predicted octanol–water partition coefficient (Wildman–Crippen LogP) is 4.77. The maximum Gasteiger partial charge on any atom is 0.242 e. The Balaban J connectivity index is 1.25. The molecule has 1 aromatic heterocycles. The van der Waals surface area contributed by atoms with Crippen molar-refractivity contribution in [1.29, 1.82) is 5.26 Å². The Hall–Kier alpha value is -4.02. The zero-order valence-corrected chi connectivity index (χ0v) is 21.7. The van der Waals surface area contributed by atoms with Crippen LogP contribution in [-0.4, -0.2) is 52.8 Å². The van der Waals surface area contributed by atoms with Gasteiger partial charge in [-0.25, -0.2) is 4.98 Å². The van der Waals surface area contributed by atoms with Crippen LogP contribution >= 0.6 is 0 Å². The topological polar surface area (TPSA) is 92.8 Å². The number of para-hydroxylation sites is 1. The van der Waals surface area contributed by atoms with Gasteiger partial charge >= 0.3 is 0 Å². The minimum atomic E-state index is -0.950. The van der Waals surface area contributed by atoms with Crippen LogP contribution < -0.4 is 4.90 Å². The number of carbonyl (C=O) groups excluding carboxylic acids is 1. The average Bonchev–Trinajstić information content (AvgIpc) is 3.77. The maximum atomic E-state index is 13.5. The molecule has 1 N–H and O–H groups in total. The Morgan fingerprint density at radius 2 is 1.84 bits per heavy atom. The fourth-order valence-corrected chi connectivity index (χ4v) is 5.75. The van der Waals surface area contributed by atoms with Gasteiger partial charge in [-0.05, 0) is 61.9 Å². The Morgan fingerprint density at radius 3 is 2.47 bits per heavy atom. The molecule has 2 atom stereocenters. The number of aromatic nitrogens is 1. The summed E-state index contributed by atoms with van der Waals surface area (Å²) in [5.74, 6) is 1.60. The van der Waals surface area contributed by atoms with Crippen molar-refractivity contribution in [3.05, 3.63) is 77.5 Å². The van der Waals surface area contributed by atoms with Crippen molar-refractivity contribution in [2.24, 2.45) is 10.9 Å². The van der Waals surface area contributed by atoms with Gasteiger partial charge in [0, 0.05) is 42.5 Å². The molecule has 0 radical (unpaired) electrons. The highest BCUT2D eigenvalue weighted by molar-refractivity contribution is 5.90. The fraction of sp³-hybridized carbons (Fsp3) is 0.355. The van der Waals surface area contributed by atoms with Crippen LogP contribution in [0.2, 0.25) is 0 Å². The highest BCUT2D eigenvalue weighted by Crippen LogP contribution is 2.51. The Morgan fingerprint density at radius 1 is 1.05 bits per heavy atom. The second kappa shape index (κ2) is 9.38. The van der Waals surface area contributed by atoms with Crippen molar-refractivity contribution in [3.63, 3.8) is 0 Å². The molecule has 2 aromatic carbocycles. The zero-order valence-electron chi connectivity index (χ0n) is 21.7. The molecule has 6 rings (SSSR count). The third kappa shape index (κ3) is 4.46. The highest BCUT2D eigenvalue weighted by atomic mass is 16.3. The van der Waals surface area contributed by atoms with Crippen molar-refractivity contribution in [1.82, 2.24) is 9.88 Å². The van der Waals surface area contributed by atoms with E-state index in [1.54, 1.807) is 20.0 Å². The smallest absolute Gasteiger partial charge is 0.242 e. The molecule has 192 valence electrons. The fourth-order valence-electron chi connectivity index (χ4n) is 5.75. The first kappa shape index (κ1) is 24.3. The third-order valence-corrected chi connectivity index (χ3v) is 8.00. The lowest BCUT2D eigenvalue weighted by molar-refractivity contribution is -0.132. The van der Waals surface area contributed by atoms with Crippen LogP contribution in [0.25, 0.3) is 11.1 Å². The summed E-state index contributed by atoms with van der Waals surface area (Å²) in [6.07, 6.45) is 6.01. The lowest BCUT2D eigenvalue weighted by Gasteiger charge is -2.42. The summed E-state index contributed by atoms with van der Waals surface area (Å²) in [5.41, 5.74) is 4.72. The normalized spacial score (nSPS) is 21.3. The molecule has 7 nitrogen and oxygen atoms in total. The Bertz CT molecular complexity index is 1430. The van der Waals surface area contributed by atoms with Crippen LogP contribution in [0.1, 0.15) is 49.3 Å².